The Morgan fingerprint density at radius 3 is 2.53 bits per heavy atom. The van der Waals surface area contributed by atoms with Crippen molar-refractivity contribution in [1.29, 1.82) is 0 Å². The van der Waals surface area contributed by atoms with Gasteiger partial charge in [0.1, 0.15) is 17.3 Å². The third-order valence-electron chi connectivity index (χ3n) is 6.35. The second-order valence-electron chi connectivity index (χ2n) is 9.06. The monoisotopic (exact) mass is 452 g/mol. The number of fused-ring (bicyclic) bond motifs is 2. The van der Waals surface area contributed by atoms with Crippen LogP contribution in [0.5, 0.6) is 11.5 Å². The number of esters is 1. The quantitative estimate of drug-likeness (QED) is 0.253. The summed E-state index contributed by atoms with van der Waals surface area (Å²) >= 11 is 0. The van der Waals surface area contributed by atoms with E-state index in [2.05, 4.69) is 24.8 Å². The van der Waals surface area contributed by atoms with Gasteiger partial charge in [0.05, 0.1) is 18.2 Å². The minimum absolute atomic E-state index is 0.268. The fourth-order valence-electron chi connectivity index (χ4n) is 4.46. The first-order valence-corrected chi connectivity index (χ1v) is 11.6. The number of hydrogen-bond acceptors (Lipinski definition) is 5. The maximum absolute atomic E-state index is 12.9. The maximum Gasteiger partial charge on any atom is 0.343 e. The van der Waals surface area contributed by atoms with Crippen molar-refractivity contribution < 1.29 is 14.3 Å². The molecule has 34 heavy (non-hydrogen) atoms. The predicted octanol–water partition coefficient (Wildman–Crippen LogP) is 6.59. The van der Waals surface area contributed by atoms with Crippen molar-refractivity contribution in [3.63, 3.8) is 0 Å². The summed E-state index contributed by atoms with van der Waals surface area (Å²) in [6, 6.07) is 21.7. The molecule has 0 saturated carbocycles. The number of aromatic nitrogens is 1. The van der Waals surface area contributed by atoms with Crippen LogP contribution in [0.3, 0.4) is 0 Å². The molecule has 0 N–H and O–H groups in total. The number of carbonyl (C=O) groups excluding carboxylic acids is 1. The predicted molar refractivity (Wildman–Crippen MR) is 136 cm³/mol. The highest BCUT2D eigenvalue weighted by Crippen LogP contribution is 2.36. The van der Waals surface area contributed by atoms with E-state index >= 15 is 0 Å². The third kappa shape index (κ3) is 4.10. The van der Waals surface area contributed by atoms with E-state index in [-0.39, 0.29) is 11.9 Å². The highest BCUT2D eigenvalue weighted by atomic mass is 16.5. The largest absolute Gasteiger partial charge is 0.497 e. The number of ether oxygens (including phenoxy) is 2. The maximum atomic E-state index is 12.9. The molecule has 0 unspecified atom stereocenters. The number of benzene rings is 3. The van der Waals surface area contributed by atoms with Crippen molar-refractivity contribution in [2.24, 2.45) is 0 Å². The molecule has 5 rings (SSSR count). The molecule has 4 aromatic rings. The van der Waals surface area contributed by atoms with E-state index < -0.39 is 0 Å². The van der Waals surface area contributed by atoms with E-state index in [1.807, 2.05) is 67.6 Å². The van der Waals surface area contributed by atoms with Crippen molar-refractivity contribution in [3.8, 4) is 11.5 Å². The molecule has 0 spiro atoms. The lowest BCUT2D eigenvalue weighted by Crippen LogP contribution is -2.15. The minimum Gasteiger partial charge on any atom is -0.497 e. The van der Waals surface area contributed by atoms with Crippen molar-refractivity contribution in [2.75, 3.05) is 18.6 Å². The smallest absolute Gasteiger partial charge is 0.343 e. The average molecular weight is 453 g/mol. The van der Waals surface area contributed by atoms with E-state index in [9.17, 15) is 4.79 Å². The Morgan fingerprint density at radius 2 is 1.79 bits per heavy atom. The molecular weight excluding hydrogens is 424 g/mol. The first-order chi connectivity index (χ1) is 16.4. The molecule has 1 aliphatic heterocycles. The minimum atomic E-state index is -0.350. The zero-order valence-electron chi connectivity index (χ0n) is 20.0. The number of anilines is 2. The molecule has 0 aliphatic carbocycles. The highest BCUT2D eigenvalue weighted by molar-refractivity contribution is 5.92. The Bertz CT molecular complexity index is 1380. The first kappa shape index (κ1) is 22.0. The van der Waals surface area contributed by atoms with Gasteiger partial charge < -0.3 is 14.4 Å². The van der Waals surface area contributed by atoms with Gasteiger partial charge in [-0.3, -0.25) is 0 Å². The molecule has 172 valence electrons. The van der Waals surface area contributed by atoms with E-state index in [0.717, 1.165) is 52.3 Å². The van der Waals surface area contributed by atoms with Crippen LogP contribution in [0, 0.1) is 6.92 Å². The molecule has 3 aromatic carbocycles. The van der Waals surface area contributed by atoms with E-state index in [1.165, 1.54) is 5.56 Å². The van der Waals surface area contributed by atoms with Crippen LogP contribution in [-0.2, 0) is 6.42 Å². The molecule has 0 fully saturated rings. The van der Waals surface area contributed by atoms with Crippen LogP contribution in [0.2, 0.25) is 0 Å². The Kier molecular flexibility index (Phi) is 5.70. The first-order valence-electron chi connectivity index (χ1n) is 11.6. The van der Waals surface area contributed by atoms with Crippen LogP contribution >= 0.6 is 0 Å². The van der Waals surface area contributed by atoms with Gasteiger partial charge in [0.25, 0.3) is 0 Å². The molecule has 0 bridgehead atoms. The van der Waals surface area contributed by atoms with Crippen LogP contribution in [0.4, 0.5) is 11.5 Å². The fourth-order valence-corrected chi connectivity index (χ4v) is 4.46. The summed E-state index contributed by atoms with van der Waals surface area (Å²) < 4.78 is 11.1. The van der Waals surface area contributed by atoms with Gasteiger partial charge in [-0.05, 0) is 84.5 Å². The van der Waals surface area contributed by atoms with Crippen LogP contribution in [0.25, 0.3) is 10.9 Å². The van der Waals surface area contributed by atoms with Crippen molar-refractivity contribution in [2.45, 2.75) is 33.1 Å². The lowest BCUT2D eigenvalue weighted by Gasteiger charge is -2.19. The number of carbonyl (C=O) groups is 1. The normalized spacial score (nSPS) is 12.8. The lowest BCUT2D eigenvalue weighted by molar-refractivity contribution is 0.0733. The topological polar surface area (TPSA) is 51.7 Å². The number of rotatable bonds is 5. The van der Waals surface area contributed by atoms with Crippen LogP contribution in [-0.4, -0.2) is 24.6 Å². The number of methoxy groups -OCH3 is 1. The van der Waals surface area contributed by atoms with Gasteiger partial charge >= 0.3 is 5.97 Å². The van der Waals surface area contributed by atoms with Crippen LogP contribution in [0.1, 0.15) is 46.8 Å². The summed E-state index contributed by atoms with van der Waals surface area (Å²) in [4.78, 5) is 20.0. The van der Waals surface area contributed by atoms with Crippen LogP contribution in [0.15, 0.2) is 66.7 Å². The van der Waals surface area contributed by atoms with E-state index in [1.54, 1.807) is 7.11 Å². The third-order valence-corrected chi connectivity index (χ3v) is 6.35. The molecular formula is C29H28N2O3. The summed E-state index contributed by atoms with van der Waals surface area (Å²) in [6.07, 6.45) is 0.930. The standard InChI is InChI=1S/C29H28N2O3/c1-18(2)25-12-5-19(3)15-27(25)34-29(32)20-6-9-23(10-7-20)31-14-13-22-16-21-8-11-24(33-4)17-26(21)30-28(22)31/h5-12,15-18H,13-14H2,1-4H3. The molecule has 1 aliphatic rings. The Labute approximate surface area is 200 Å². The molecule has 5 nitrogen and oxygen atoms in total. The van der Waals surface area contributed by atoms with E-state index in [0.29, 0.717) is 11.3 Å². The number of nitrogens with zero attached hydrogens (tertiary/aromatic N) is 2. The molecule has 0 radical (unpaired) electrons. The van der Waals surface area contributed by atoms with Gasteiger partial charge in [-0.2, -0.15) is 0 Å². The second-order valence-corrected chi connectivity index (χ2v) is 9.06. The molecule has 0 amide bonds. The fraction of sp³-hybridized carbons (Fsp3) is 0.241. The SMILES string of the molecule is COc1ccc2cc3c(nc2c1)N(c1ccc(C(=O)Oc2cc(C)ccc2C(C)C)cc1)CC3. The molecule has 1 aromatic heterocycles. The Balaban J connectivity index is 1.39. The van der Waals surface area contributed by atoms with E-state index in [4.69, 9.17) is 14.5 Å². The Hall–Kier alpha value is -3.86. The van der Waals surface area contributed by atoms with Crippen LogP contribution < -0.4 is 14.4 Å². The van der Waals surface area contributed by atoms with Crippen molar-refractivity contribution >= 4 is 28.4 Å². The summed E-state index contributed by atoms with van der Waals surface area (Å²) in [5.74, 6) is 2.30. The summed E-state index contributed by atoms with van der Waals surface area (Å²) in [5.41, 5.74) is 5.75. The summed E-state index contributed by atoms with van der Waals surface area (Å²) in [6.45, 7) is 7.04. The van der Waals surface area contributed by atoms with Crippen molar-refractivity contribution in [1.82, 2.24) is 4.98 Å². The molecule has 2 heterocycles. The second kappa shape index (κ2) is 8.82. The molecule has 0 saturated heterocycles. The van der Waals surface area contributed by atoms with Gasteiger partial charge in [0, 0.05) is 23.7 Å². The highest BCUT2D eigenvalue weighted by Gasteiger charge is 2.23. The summed E-state index contributed by atoms with van der Waals surface area (Å²) in [5, 5.41) is 1.11. The van der Waals surface area contributed by atoms with Gasteiger partial charge in [-0.25, -0.2) is 9.78 Å². The number of aryl methyl sites for hydroxylation is 1. The molecule has 5 heteroatoms. The number of pyridine rings is 1. The molecule has 0 atom stereocenters. The van der Waals surface area contributed by atoms with Gasteiger partial charge in [0.15, 0.2) is 0 Å². The van der Waals surface area contributed by atoms with Gasteiger partial charge in [-0.15, -0.1) is 0 Å². The summed E-state index contributed by atoms with van der Waals surface area (Å²) in [7, 11) is 1.66. The van der Waals surface area contributed by atoms with Crippen molar-refractivity contribution in [3.05, 3.63) is 89.0 Å². The zero-order chi connectivity index (χ0) is 23.8. The Morgan fingerprint density at radius 1 is 1.00 bits per heavy atom. The number of hydrogen-bond donors (Lipinski definition) is 0. The van der Waals surface area contributed by atoms with Gasteiger partial charge in [-0.1, -0.05) is 26.0 Å². The zero-order valence-corrected chi connectivity index (χ0v) is 20.0. The lowest BCUT2D eigenvalue weighted by atomic mass is 10.0. The van der Waals surface area contributed by atoms with Gasteiger partial charge in [0.2, 0.25) is 0 Å². The average Bonchev–Trinajstić information content (AvgIpc) is 3.24.